The summed E-state index contributed by atoms with van der Waals surface area (Å²) in [6.45, 7) is 1.89. The van der Waals surface area contributed by atoms with Crippen LogP contribution in [-0.4, -0.2) is 86.9 Å². The van der Waals surface area contributed by atoms with E-state index in [0.29, 0.717) is 38.7 Å². The molecule has 0 bridgehead atoms. The highest BCUT2D eigenvalue weighted by atomic mass is 16.5. The van der Waals surface area contributed by atoms with Gasteiger partial charge in [-0.05, 0) is 31.0 Å². The van der Waals surface area contributed by atoms with E-state index in [2.05, 4.69) is 5.32 Å². The molecule has 0 aliphatic carbocycles. The molecule has 1 aliphatic rings. The zero-order valence-electron chi connectivity index (χ0n) is 17.4. The summed E-state index contributed by atoms with van der Waals surface area (Å²) in [6.07, 6.45) is 2.21. The van der Waals surface area contributed by atoms with E-state index in [-0.39, 0.29) is 42.6 Å². The average molecular weight is 419 g/mol. The number of nitrogens with zero attached hydrogens (tertiary/aromatic N) is 2. The molecule has 1 saturated heterocycles. The van der Waals surface area contributed by atoms with E-state index in [1.165, 1.54) is 19.0 Å². The van der Waals surface area contributed by atoms with Crippen molar-refractivity contribution in [2.75, 3.05) is 45.3 Å². The summed E-state index contributed by atoms with van der Waals surface area (Å²) in [4.78, 5) is 50.7. The minimum absolute atomic E-state index is 0.0632. The minimum Gasteiger partial charge on any atom is -0.396 e. The van der Waals surface area contributed by atoms with Crippen LogP contribution in [0.2, 0.25) is 0 Å². The molecule has 1 heterocycles. The third-order valence-corrected chi connectivity index (χ3v) is 5.18. The first-order valence-corrected chi connectivity index (χ1v) is 9.94. The molecule has 1 aromatic rings. The largest absolute Gasteiger partial charge is 0.396 e. The molecule has 1 fully saturated rings. The molecule has 0 spiro atoms. The molecule has 1 unspecified atom stereocenters. The summed E-state index contributed by atoms with van der Waals surface area (Å²) in [5, 5.41) is 11.3. The predicted molar refractivity (Wildman–Crippen MR) is 111 cm³/mol. The number of carbonyl (C=O) groups excluding carboxylic acids is 4. The molecule has 2 N–H and O–H groups in total. The fourth-order valence-electron chi connectivity index (χ4n) is 3.20. The Morgan fingerprint density at radius 1 is 1.37 bits per heavy atom. The monoisotopic (exact) mass is 419 g/mol. The number of likely N-dealkylation sites (N-methyl/N-ethyl adjacent to an activating group) is 1. The Labute approximate surface area is 176 Å². The van der Waals surface area contributed by atoms with Crippen molar-refractivity contribution in [1.29, 1.82) is 0 Å². The van der Waals surface area contributed by atoms with Crippen molar-refractivity contribution in [3.8, 4) is 0 Å². The van der Waals surface area contributed by atoms with Crippen LogP contribution in [-0.2, 0) is 14.3 Å². The zero-order chi connectivity index (χ0) is 22.1. The average Bonchev–Trinajstić information content (AvgIpc) is 2.74. The molecule has 164 valence electrons. The van der Waals surface area contributed by atoms with Gasteiger partial charge in [0.25, 0.3) is 5.91 Å². The van der Waals surface area contributed by atoms with E-state index in [1.54, 1.807) is 18.2 Å². The number of rotatable bonds is 12. The number of carbonyl (C=O) groups is 4. The maximum absolute atomic E-state index is 13.0. The summed E-state index contributed by atoms with van der Waals surface area (Å²) >= 11 is 0. The Morgan fingerprint density at radius 3 is 2.70 bits per heavy atom. The van der Waals surface area contributed by atoms with E-state index in [1.807, 2.05) is 4.90 Å². The smallest absolute Gasteiger partial charge is 0.255 e. The van der Waals surface area contributed by atoms with E-state index < -0.39 is 11.9 Å². The molecule has 9 nitrogen and oxygen atoms in total. The molecule has 1 aromatic carbocycles. The number of hydrogen-bond donors (Lipinski definition) is 2. The van der Waals surface area contributed by atoms with E-state index in [0.717, 1.165) is 5.69 Å². The molecule has 1 atom stereocenters. The van der Waals surface area contributed by atoms with Crippen LogP contribution in [0.1, 0.15) is 40.0 Å². The zero-order valence-corrected chi connectivity index (χ0v) is 17.4. The van der Waals surface area contributed by atoms with E-state index in [4.69, 9.17) is 9.84 Å². The number of amides is 2. The molecule has 2 rings (SSSR count). The van der Waals surface area contributed by atoms with Crippen LogP contribution in [0.3, 0.4) is 0 Å². The Balaban J connectivity index is 2.08. The minimum atomic E-state index is -0.772. The molecule has 2 amide bonds. The fourth-order valence-corrected chi connectivity index (χ4v) is 3.20. The Hall–Kier alpha value is -2.78. The second kappa shape index (κ2) is 11.4. The lowest BCUT2D eigenvalue weighted by Gasteiger charge is -2.41. The van der Waals surface area contributed by atoms with Gasteiger partial charge in [-0.15, -0.1) is 0 Å². The summed E-state index contributed by atoms with van der Waals surface area (Å²) in [5.41, 5.74) is 1.23. The lowest BCUT2D eigenvalue weighted by atomic mass is 10.0. The number of benzene rings is 1. The number of hydrogen-bond acceptors (Lipinski definition) is 7. The first-order valence-electron chi connectivity index (χ1n) is 9.94. The summed E-state index contributed by atoms with van der Waals surface area (Å²) in [7, 11) is 2.99. The number of aliphatic hydroxyl groups is 1. The summed E-state index contributed by atoms with van der Waals surface area (Å²) in [6, 6.07) is 4.23. The van der Waals surface area contributed by atoms with Gasteiger partial charge in [0.15, 0.2) is 6.29 Å². The highest BCUT2D eigenvalue weighted by Crippen LogP contribution is 2.26. The Kier molecular flexibility index (Phi) is 8.94. The van der Waals surface area contributed by atoms with Gasteiger partial charge in [0, 0.05) is 58.1 Å². The first kappa shape index (κ1) is 23.5. The van der Waals surface area contributed by atoms with Crippen molar-refractivity contribution < 1.29 is 29.0 Å². The number of aldehydes is 2. The van der Waals surface area contributed by atoms with Gasteiger partial charge in [0.2, 0.25) is 5.91 Å². The van der Waals surface area contributed by atoms with Gasteiger partial charge >= 0.3 is 0 Å². The van der Waals surface area contributed by atoms with Gasteiger partial charge in [0.1, 0.15) is 6.29 Å². The highest BCUT2D eigenvalue weighted by Gasteiger charge is 2.29. The van der Waals surface area contributed by atoms with Crippen LogP contribution < -0.4 is 10.2 Å². The SMILES string of the molecule is CNC(=O)CCC(C=O)N(C)C(=O)c1cc(N2CC(OCCCO)C2)ccc1C=O. The Bertz CT molecular complexity index is 763. The maximum Gasteiger partial charge on any atom is 0.255 e. The van der Waals surface area contributed by atoms with Gasteiger partial charge in [-0.25, -0.2) is 0 Å². The predicted octanol–water partition coefficient (Wildman–Crippen LogP) is 0.252. The van der Waals surface area contributed by atoms with Crippen molar-refractivity contribution in [2.45, 2.75) is 31.4 Å². The number of anilines is 1. The number of aliphatic hydroxyl groups excluding tert-OH is 1. The van der Waals surface area contributed by atoms with Crippen molar-refractivity contribution in [3.05, 3.63) is 29.3 Å². The standard InChI is InChI=1S/C21H29N3O6/c1-22-20(28)7-6-17(14-27)23(2)21(29)19-10-16(5-4-15(19)13-26)24-11-18(12-24)30-9-3-8-25/h4-5,10,13-14,17-18,25H,3,6-9,11-12H2,1-2H3,(H,22,28). The fraction of sp³-hybridized carbons (Fsp3) is 0.524. The molecule has 9 heteroatoms. The molecule has 0 saturated carbocycles. The van der Waals surface area contributed by atoms with Gasteiger partial charge < -0.3 is 29.8 Å². The third kappa shape index (κ3) is 5.87. The van der Waals surface area contributed by atoms with Crippen molar-refractivity contribution >= 4 is 30.1 Å². The Morgan fingerprint density at radius 2 is 2.10 bits per heavy atom. The van der Waals surface area contributed by atoms with Crippen LogP contribution in [0.25, 0.3) is 0 Å². The van der Waals surface area contributed by atoms with Crippen molar-refractivity contribution in [1.82, 2.24) is 10.2 Å². The highest BCUT2D eigenvalue weighted by molar-refractivity contribution is 6.03. The third-order valence-electron chi connectivity index (χ3n) is 5.18. The van der Waals surface area contributed by atoms with E-state index in [9.17, 15) is 19.2 Å². The summed E-state index contributed by atoms with van der Waals surface area (Å²) in [5.74, 6) is -0.670. The molecular weight excluding hydrogens is 390 g/mol. The normalized spacial score (nSPS) is 14.6. The lowest BCUT2D eigenvalue weighted by molar-refractivity contribution is -0.121. The molecule has 1 aliphatic heterocycles. The van der Waals surface area contributed by atoms with E-state index >= 15 is 0 Å². The molecule has 0 aromatic heterocycles. The molecule has 30 heavy (non-hydrogen) atoms. The summed E-state index contributed by atoms with van der Waals surface area (Å²) < 4.78 is 5.63. The van der Waals surface area contributed by atoms with Crippen molar-refractivity contribution in [3.63, 3.8) is 0 Å². The van der Waals surface area contributed by atoms with Crippen LogP contribution in [0.4, 0.5) is 5.69 Å². The topological polar surface area (TPSA) is 116 Å². The second-order valence-electron chi connectivity index (χ2n) is 7.20. The number of nitrogens with one attached hydrogen (secondary N) is 1. The van der Waals surface area contributed by atoms with Crippen molar-refractivity contribution in [2.24, 2.45) is 0 Å². The molecular formula is C21H29N3O6. The lowest BCUT2D eigenvalue weighted by Crippen LogP contribution is -2.52. The maximum atomic E-state index is 13.0. The quantitative estimate of drug-likeness (QED) is 0.369. The van der Waals surface area contributed by atoms with Gasteiger partial charge in [-0.2, -0.15) is 0 Å². The number of ether oxygens (including phenoxy) is 1. The second-order valence-corrected chi connectivity index (χ2v) is 7.20. The van der Waals surface area contributed by atoms with Crippen LogP contribution in [0.15, 0.2) is 18.2 Å². The van der Waals surface area contributed by atoms with Gasteiger partial charge in [-0.1, -0.05) is 0 Å². The molecule has 0 radical (unpaired) electrons. The first-order chi connectivity index (χ1) is 14.4. The van der Waals surface area contributed by atoms with Crippen LogP contribution in [0, 0.1) is 0 Å². The van der Waals surface area contributed by atoms with Gasteiger partial charge in [0.05, 0.1) is 17.7 Å². The van der Waals surface area contributed by atoms with Crippen LogP contribution in [0.5, 0.6) is 0 Å². The van der Waals surface area contributed by atoms with Crippen LogP contribution >= 0.6 is 0 Å². The van der Waals surface area contributed by atoms with Gasteiger partial charge in [-0.3, -0.25) is 14.4 Å².